The van der Waals surface area contributed by atoms with Crippen LogP contribution in [0.1, 0.15) is 28.4 Å². The summed E-state index contributed by atoms with van der Waals surface area (Å²) < 4.78 is 14.3. The molecule has 0 amide bonds. The molecule has 106 valence electrons. The van der Waals surface area contributed by atoms with Crippen molar-refractivity contribution in [1.82, 2.24) is 0 Å². The smallest absolute Gasteiger partial charge is 0.132 e. The lowest BCUT2D eigenvalue weighted by Gasteiger charge is -2.17. The minimum absolute atomic E-state index is 0.323. The Balaban J connectivity index is 2.21. The van der Waals surface area contributed by atoms with Gasteiger partial charge in [0.05, 0.1) is 0 Å². The molecule has 2 heteroatoms. The van der Waals surface area contributed by atoms with Crippen LogP contribution in [-0.4, -0.2) is 5.11 Å². The van der Waals surface area contributed by atoms with Gasteiger partial charge in [-0.05, 0) is 41.3 Å². The fourth-order valence-corrected chi connectivity index (χ4v) is 2.76. The average molecular weight is 280 g/mol. The van der Waals surface area contributed by atoms with Crippen molar-refractivity contribution in [2.24, 2.45) is 0 Å². The standard InChI is InChI=1S/C19H17FO/c1-12-10-11-16(15-8-4-3-7-14(12)15)19(21)17-9-5-6-13(2)18(17)20/h3-11,19,21H,1-2H3. The van der Waals surface area contributed by atoms with Gasteiger partial charge in [0.25, 0.3) is 0 Å². The van der Waals surface area contributed by atoms with Crippen molar-refractivity contribution in [2.45, 2.75) is 20.0 Å². The van der Waals surface area contributed by atoms with Gasteiger partial charge in [0.1, 0.15) is 11.9 Å². The Morgan fingerprint density at radius 3 is 2.24 bits per heavy atom. The second kappa shape index (κ2) is 5.30. The molecule has 1 N–H and O–H groups in total. The Hall–Kier alpha value is -2.19. The zero-order chi connectivity index (χ0) is 15.0. The van der Waals surface area contributed by atoms with Crippen LogP contribution in [0.15, 0.2) is 54.6 Å². The van der Waals surface area contributed by atoms with Crippen molar-refractivity contribution in [2.75, 3.05) is 0 Å². The summed E-state index contributed by atoms with van der Waals surface area (Å²) >= 11 is 0. The summed E-state index contributed by atoms with van der Waals surface area (Å²) in [5.41, 5.74) is 2.75. The van der Waals surface area contributed by atoms with Gasteiger partial charge in [-0.2, -0.15) is 0 Å². The molecule has 1 nitrogen and oxygen atoms in total. The monoisotopic (exact) mass is 280 g/mol. The topological polar surface area (TPSA) is 20.2 Å². The third-order valence-electron chi connectivity index (χ3n) is 3.99. The highest BCUT2D eigenvalue weighted by atomic mass is 19.1. The van der Waals surface area contributed by atoms with Gasteiger partial charge in [0.2, 0.25) is 0 Å². The number of fused-ring (bicyclic) bond motifs is 1. The first-order chi connectivity index (χ1) is 10.1. The maximum atomic E-state index is 14.3. The number of aliphatic hydroxyl groups excluding tert-OH is 1. The van der Waals surface area contributed by atoms with E-state index in [1.54, 1.807) is 25.1 Å². The summed E-state index contributed by atoms with van der Waals surface area (Å²) in [6, 6.07) is 16.9. The Morgan fingerprint density at radius 2 is 1.48 bits per heavy atom. The van der Waals surface area contributed by atoms with Crippen LogP contribution in [0.5, 0.6) is 0 Å². The molecule has 0 aliphatic carbocycles. The molecule has 1 atom stereocenters. The number of hydrogen-bond acceptors (Lipinski definition) is 1. The lowest BCUT2D eigenvalue weighted by molar-refractivity contribution is 0.216. The fourth-order valence-electron chi connectivity index (χ4n) is 2.76. The molecular weight excluding hydrogens is 263 g/mol. The molecule has 0 saturated carbocycles. The van der Waals surface area contributed by atoms with Gasteiger partial charge in [0.15, 0.2) is 0 Å². The Bertz CT molecular complexity index is 808. The van der Waals surface area contributed by atoms with Crippen LogP contribution >= 0.6 is 0 Å². The molecule has 0 fully saturated rings. The van der Waals surface area contributed by atoms with E-state index in [1.165, 1.54) is 0 Å². The molecule has 0 bridgehead atoms. The van der Waals surface area contributed by atoms with Crippen molar-refractivity contribution < 1.29 is 9.50 Å². The third kappa shape index (κ3) is 2.32. The quantitative estimate of drug-likeness (QED) is 0.722. The van der Waals surface area contributed by atoms with Gasteiger partial charge in [-0.1, -0.05) is 54.6 Å². The molecule has 21 heavy (non-hydrogen) atoms. The van der Waals surface area contributed by atoms with Gasteiger partial charge in [-0.15, -0.1) is 0 Å². The van der Waals surface area contributed by atoms with E-state index < -0.39 is 6.10 Å². The zero-order valence-electron chi connectivity index (χ0n) is 12.1. The van der Waals surface area contributed by atoms with Crippen LogP contribution < -0.4 is 0 Å². The van der Waals surface area contributed by atoms with Gasteiger partial charge >= 0.3 is 0 Å². The number of hydrogen-bond donors (Lipinski definition) is 1. The highest BCUT2D eigenvalue weighted by Crippen LogP contribution is 2.32. The lowest BCUT2D eigenvalue weighted by Crippen LogP contribution is -2.04. The Morgan fingerprint density at radius 1 is 0.762 bits per heavy atom. The molecule has 3 rings (SSSR count). The van der Waals surface area contributed by atoms with Gasteiger partial charge in [-0.25, -0.2) is 4.39 Å². The molecule has 0 heterocycles. The van der Waals surface area contributed by atoms with E-state index >= 15 is 0 Å². The molecule has 1 unspecified atom stereocenters. The maximum Gasteiger partial charge on any atom is 0.132 e. The zero-order valence-corrected chi connectivity index (χ0v) is 12.1. The highest BCUT2D eigenvalue weighted by molar-refractivity contribution is 5.89. The van der Waals surface area contributed by atoms with Crippen molar-refractivity contribution in [3.63, 3.8) is 0 Å². The average Bonchev–Trinajstić information content (AvgIpc) is 2.50. The summed E-state index contributed by atoms with van der Waals surface area (Å²) in [5, 5.41) is 12.7. The first kappa shape index (κ1) is 13.8. The van der Waals surface area contributed by atoms with Gasteiger partial charge in [0, 0.05) is 5.56 Å². The predicted octanol–water partition coefficient (Wildman–Crippen LogP) is 4.68. The van der Waals surface area contributed by atoms with Crippen molar-refractivity contribution in [1.29, 1.82) is 0 Å². The summed E-state index contributed by atoms with van der Waals surface area (Å²) in [7, 11) is 0. The molecule has 3 aromatic rings. The summed E-state index contributed by atoms with van der Waals surface area (Å²) in [6.07, 6.45) is -0.963. The van der Waals surface area contributed by atoms with E-state index in [0.29, 0.717) is 11.1 Å². The SMILES string of the molecule is Cc1cccc(C(O)c2ccc(C)c3ccccc23)c1F. The van der Waals surface area contributed by atoms with Crippen molar-refractivity contribution in [3.05, 3.63) is 82.7 Å². The first-order valence-electron chi connectivity index (χ1n) is 7.01. The van der Waals surface area contributed by atoms with Crippen LogP contribution in [0.2, 0.25) is 0 Å². The minimum Gasteiger partial charge on any atom is -0.384 e. The second-order valence-corrected chi connectivity index (χ2v) is 5.40. The normalized spacial score (nSPS) is 12.6. The molecular formula is C19H17FO. The van der Waals surface area contributed by atoms with E-state index in [-0.39, 0.29) is 5.82 Å². The van der Waals surface area contributed by atoms with E-state index in [2.05, 4.69) is 0 Å². The van der Waals surface area contributed by atoms with Crippen LogP contribution in [0.3, 0.4) is 0 Å². The molecule has 0 aliphatic heterocycles. The van der Waals surface area contributed by atoms with Gasteiger partial charge in [-0.3, -0.25) is 0 Å². The van der Waals surface area contributed by atoms with E-state index in [4.69, 9.17) is 0 Å². The van der Waals surface area contributed by atoms with Crippen LogP contribution in [0.4, 0.5) is 4.39 Å². The predicted molar refractivity (Wildman–Crippen MR) is 83.9 cm³/mol. The summed E-state index contributed by atoms with van der Waals surface area (Å²) in [6.45, 7) is 3.74. The van der Waals surface area contributed by atoms with Crippen molar-refractivity contribution in [3.8, 4) is 0 Å². The van der Waals surface area contributed by atoms with E-state index in [9.17, 15) is 9.50 Å². The molecule has 0 saturated heterocycles. The summed E-state index contributed by atoms with van der Waals surface area (Å²) in [5.74, 6) is -0.338. The highest BCUT2D eigenvalue weighted by Gasteiger charge is 2.18. The molecule has 3 aromatic carbocycles. The number of aryl methyl sites for hydroxylation is 2. The van der Waals surface area contributed by atoms with E-state index in [0.717, 1.165) is 21.9 Å². The molecule has 0 aromatic heterocycles. The second-order valence-electron chi connectivity index (χ2n) is 5.40. The Kier molecular flexibility index (Phi) is 3.48. The Labute approximate surface area is 123 Å². The number of rotatable bonds is 2. The molecule has 0 spiro atoms. The molecule has 0 aliphatic rings. The van der Waals surface area contributed by atoms with Crippen molar-refractivity contribution >= 4 is 10.8 Å². The fraction of sp³-hybridized carbons (Fsp3) is 0.158. The lowest BCUT2D eigenvalue weighted by atomic mass is 9.93. The number of halogens is 1. The van der Waals surface area contributed by atoms with E-state index in [1.807, 2.05) is 43.3 Å². The first-order valence-corrected chi connectivity index (χ1v) is 7.01. The van der Waals surface area contributed by atoms with Gasteiger partial charge < -0.3 is 5.11 Å². The maximum absolute atomic E-state index is 14.3. The third-order valence-corrected chi connectivity index (χ3v) is 3.99. The van der Waals surface area contributed by atoms with Crippen LogP contribution in [0, 0.1) is 19.7 Å². The van der Waals surface area contributed by atoms with Crippen LogP contribution in [-0.2, 0) is 0 Å². The largest absolute Gasteiger partial charge is 0.384 e. The van der Waals surface area contributed by atoms with Crippen LogP contribution in [0.25, 0.3) is 10.8 Å². The number of aliphatic hydroxyl groups is 1. The minimum atomic E-state index is -0.963. The summed E-state index contributed by atoms with van der Waals surface area (Å²) in [4.78, 5) is 0. The molecule has 0 radical (unpaired) electrons. The number of benzene rings is 3.